The maximum Gasteiger partial charge on any atom is 0.188 e. The minimum Gasteiger partial charge on any atom is -0.369 e. The van der Waals surface area contributed by atoms with E-state index in [1.54, 1.807) is 23.1 Å². The predicted octanol–water partition coefficient (Wildman–Crippen LogP) is 6.33. The zero-order chi connectivity index (χ0) is 20.3. The molecule has 4 nitrogen and oxygen atoms in total. The van der Waals surface area contributed by atoms with Crippen LogP contribution in [-0.2, 0) is 12.8 Å². The van der Waals surface area contributed by atoms with Crippen molar-refractivity contribution in [2.24, 2.45) is 5.41 Å². The summed E-state index contributed by atoms with van der Waals surface area (Å²) < 4.78 is 0. The number of benzene rings is 1. The minimum absolute atomic E-state index is 0.339. The van der Waals surface area contributed by atoms with Crippen molar-refractivity contribution in [2.75, 3.05) is 29.2 Å². The molecule has 7 heteroatoms. The summed E-state index contributed by atoms with van der Waals surface area (Å²) in [5.41, 5.74) is 1.58. The highest BCUT2D eigenvalue weighted by atomic mass is 32.2. The third-order valence-corrected chi connectivity index (χ3v) is 7.29. The molecule has 0 unspecified atom stereocenters. The normalized spacial score (nSPS) is 14.6. The Hall–Kier alpha value is -1.70. The average Bonchev–Trinajstić information content (AvgIpc) is 3.15. The lowest BCUT2D eigenvalue weighted by atomic mass is 9.91. The van der Waals surface area contributed by atoms with Crippen molar-refractivity contribution in [1.29, 1.82) is 0 Å². The summed E-state index contributed by atoms with van der Waals surface area (Å²) >= 11 is 5.34. The number of thiazole rings is 1. The highest BCUT2D eigenvalue weighted by molar-refractivity contribution is 7.99. The fraction of sp³-hybridized carbons (Fsp3) is 0.364. The Morgan fingerprint density at radius 3 is 2.59 bits per heavy atom. The third kappa shape index (κ3) is 5.47. The molecule has 29 heavy (non-hydrogen) atoms. The summed E-state index contributed by atoms with van der Waals surface area (Å²) in [4.78, 5) is 13.4. The Kier molecular flexibility index (Phi) is 6.37. The highest BCUT2D eigenvalue weighted by Gasteiger charge is 2.31. The molecule has 0 fully saturated rings. The Balaban J connectivity index is 1.55. The molecule has 0 amide bonds. The van der Waals surface area contributed by atoms with E-state index in [0.29, 0.717) is 5.41 Å². The van der Waals surface area contributed by atoms with Crippen LogP contribution in [0, 0.1) is 5.41 Å². The van der Waals surface area contributed by atoms with Crippen molar-refractivity contribution in [3.8, 4) is 0 Å². The predicted molar refractivity (Wildman–Crippen MR) is 128 cm³/mol. The number of anilines is 3. The molecule has 0 spiro atoms. The van der Waals surface area contributed by atoms with Crippen molar-refractivity contribution in [3.05, 3.63) is 53.0 Å². The van der Waals surface area contributed by atoms with Crippen LogP contribution in [0.3, 0.4) is 0 Å². The van der Waals surface area contributed by atoms with E-state index in [2.05, 4.69) is 67.1 Å². The van der Waals surface area contributed by atoms with Crippen LogP contribution in [-0.4, -0.2) is 28.5 Å². The van der Waals surface area contributed by atoms with Gasteiger partial charge in [0.2, 0.25) is 0 Å². The number of pyridine rings is 1. The van der Waals surface area contributed by atoms with Gasteiger partial charge in [-0.25, -0.2) is 9.97 Å². The number of nitrogens with zero attached hydrogens (tertiary/aromatic N) is 2. The Bertz CT molecular complexity index is 944. The van der Waals surface area contributed by atoms with Gasteiger partial charge in [0.05, 0.1) is 5.69 Å². The van der Waals surface area contributed by atoms with Crippen molar-refractivity contribution >= 4 is 51.6 Å². The second kappa shape index (κ2) is 8.98. The van der Waals surface area contributed by atoms with Gasteiger partial charge < -0.3 is 10.6 Å². The lowest BCUT2D eigenvalue weighted by Crippen LogP contribution is -2.10. The van der Waals surface area contributed by atoms with Crippen molar-refractivity contribution < 1.29 is 0 Å². The van der Waals surface area contributed by atoms with Crippen molar-refractivity contribution in [2.45, 2.75) is 36.5 Å². The van der Waals surface area contributed by atoms with E-state index in [1.165, 1.54) is 15.5 Å². The molecule has 1 aliphatic carbocycles. The fourth-order valence-electron chi connectivity index (χ4n) is 3.40. The highest BCUT2D eigenvalue weighted by Crippen LogP contribution is 2.41. The largest absolute Gasteiger partial charge is 0.369 e. The first-order valence-corrected chi connectivity index (χ1v) is 12.8. The zero-order valence-corrected chi connectivity index (χ0v) is 19.4. The lowest BCUT2D eigenvalue weighted by Gasteiger charge is -2.15. The van der Waals surface area contributed by atoms with Crippen LogP contribution >= 0.6 is 34.9 Å². The molecule has 2 N–H and O–H groups in total. The molecule has 152 valence electrons. The van der Waals surface area contributed by atoms with Gasteiger partial charge in [0.15, 0.2) is 5.13 Å². The first-order valence-electron chi connectivity index (χ1n) is 9.74. The summed E-state index contributed by atoms with van der Waals surface area (Å²) in [5, 5.41) is 7.84. The van der Waals surface area contributed by atoms with E-state index in [4.69, 9.17) is 9.97 Å². The fourth-order valence-corrected chi connectivity index (χ4v) is 5.85. The van der Waals surface area contributed by atoms with E-state index in [0.717, 1.165) is 46.8 Å². The zero-order valence-electron chi connectivity index (χ0n) is 17.0. The van der Waals surface area contributed by atoms with Crippen molar-refractivity contribution in [3.63, 3.8) is 0 Å². The summed E-state index contributed by atoms with van der Waals surface area (Å²) in [6.07, 6.45) is 4.28. The summed E-state index contributed by atoms with van der Waals surface area (Å²) in [5.74, 6) is 2.78. The summed E-state index contributed by atoms with van der Waals surface area (Å²) in [7, 11) is 0. The van der Waals surface area contributed by atoms with E-state index in [9.17, 15) is 0 Å². The van der Waals surface area contributed by atoms with Gasteiger partial charge >= 0.3 is 0 Å². The van der Waals surface area contributed by atoms with Crippen molar-refractivity contribution in [1.82, 2.24) is 9.97 Å². The molecule has 3 aromatic rings. The molecule has 0 saturated heterocycles. The molecule has 2 aromatic heterocycles. The SMILES string of the molecule is CSCCNc1cc(Sc2ccccc2)cc(Nc2nc3c(s2)CC(C)(C)C3)n1. The van der Waals surface area contributed by atoms with Gasteiger partial charge in [0, 0.05) is 27.0 Å². The standard InChI is InChI=1S/C22H26N4S3/c1-22(2)13-17-18(14-22)29-21(24-17)26-20-12-16(28-15-7-5-4-6-8-15)11-19(25-20)23-9-10-27-3/h4-8,11-12H,9-10,13-14H2,1-3H3,(H2,23,24,25,26). The molecule has 2 heterocycles. The number of hydrogen-bond acceptors (Lipinski definition) is 7. The first kappa shape index (κ1) is 20.6. The second-order valence-corrected chi connectivity index (χ2v) is 11.2. The molecule has 4 rings (SSSR count). The average molecular weight is 443 g/mol. The number of hydrogen-bond donors (Lipinski definition) is 2. The van der Waals surface area contributed by atoms with Gasteiger partial charge in [-0.15, -0.1) is 11.3 Å². The molecule has 0 bridgehead atoms. The number of rotatable bonds is 8. The Morgan fingerprint density at radius 2 is 1.83 bits per heavy atom. The minimum atomic E-state index is 0.339. The molecular formula is C22H26N4S3. The second-order valence-electron chi connectivity index (χ2n) is 7.94. The first-order chi connectivity index (χ1) is 14.0. The monoisotopic (exact) mass is 442 g/mol. The molecule has 0 aliphatic heterocycles. The summed E-state index contributed by atoms with van der Waals surface area (Å²) in [6, 6.07) is 14.7. The number of nitrogens with one attached hydrogen (secondary N) is 2. The van der Waals surface area contributed by atoms with Crippen LogP contribution in [0.1, 0.15) is 24.4 Å². The van der Waals surface area contributed by atoms with Gasteiger partial charge in [-0.3, -0.25) is 0 Å². The van der Waals surface area contributed by atoms with E-state index < -0.39 is 0 Å². The van der Waals surface area contributed by atoms with Gasteiger partial charge in [-0.05, 0) is 48.8 Å². The quantitative estimate of drug-likeness (QED) is 0.397. The maximum absolute atomic E-state index is 4.84. The smallest absolute Gasteiger partial charge is 0.188 e. The topological polar surface area (TPSA) is 49.8 Å². The van der Waals surface area contributed by atoms with E-state index in [1.807, 2.05) is 17.8 Å². The van der Waals surface area contributed by atoms with Gasteiger partial charge in [-0.2, -0.15) is 11.8 Å². The van der Waals surface area contributed by atoms with Crippen LogP contribution < -0.4 is 10.6 Å². The molecular weight excluding hydrogens is 416 g/mol. The molecule has 1 aliphatic rings. The lowest BCUT2D eigenvalue weighted by molar-refractivity contribution is 0.391. The van der Waals surface area contributed by atoms with Crippen LogP contribution in [0.15, 0.2) is 52.3 Å². The molecule has 0 radical (unpaired) electrons. The van der Waals surface area contributed by atoms with Crippen LogP contribution in [0.4, 0.5) is 16.8 Å². The number of fused-ring (bicyclic) bond motifs is 1. The van der Waals surface area contributed by atoms with E-state index in [-0.39, 0.29) is 0 Å². The molecule has 1 aromatic carbocycles. The van der Waals surface area contributed by atoms with Gasteiger partial charge in [-0.1, -0.05) is 43.8 Å². The van der Waals surface area contributed by atoms with E-state index >= 15 is 0 Å². The maximum atomic E-state index is 4.84. The molecule has 0 atom stereocenters. The number of aromatic nitrogens is 2. The van der Waals surface area contributed by atoms with Crippen LogP contribution in [0.25, 0.3) is 0 Å². The van der Waals surface area contributed by atoms with Crippen LogP contribution in [0.2, 0.25) is 0 Å². The van der Waals surface area contributed by atoms with Gasteiger partial charge in [0.1, 0.15) is 11.6 Å². The summed E-state index contributed by atoms with van der Waals surface area (Å²) in [6.45, 7) is 5.52. The number of thioether (sulfide) groups is 1. The molecule has 0 saturated carbocycles. The Morgan fingerprint density at radius 1 is 1.03 bits per heavy atom. The Labute approximate surface area is 185 Å². The third-order valence-electron chi connectivity index (χ3n) is 4.69. The van der Waals surface area contributed by atoms with Gasteiger partial charge in [0.25, 0.3) is 0 Å². The van der Waals surface area contributed by atoms with Crippen LogP contribution in [0.5, 0.6) is 0 Å².